The standard InChI is InChI=1S/C21H25N3O4/c1-26-19-7-6-18(22)17-12-14(13-28-20(17)19)21(25)23-15-2-4-16(5-3-15)24-8-10-27-11-9-24/h2-7,14H,8-13,22H2,1H3,(H,23,25). The van der Waals surface area contributed by atoms with Crippen molar-refractivity contribution in [1.82, 2.24) is 0 Å². The second-order valence-electron chi connectivity index (χ2n) is 7.01. The monoisotopic (exact) mass is 383 g/mol. The summed E-state index contributed by atoms with van der Waals surface area (Å²) in [5.41, 5.74) is 9.43. The highest BCUT2D eigenvalue weighted by molar-refractivity contribution is 5.93. The molecule has 0 aliphatic carbocycles. The van der Waals surface area contributed by atoms with Gasteiger partial charge in [-0.15, -0.1) is 0 Å². The molecule has 0 spiro atoms. The van der Waals surface area contributed by atoms with Gasteiger partial charge in [0.2, 0.25) is 5.91 Å². The van der Waals surface area contributed by atoms with E-state index >= 15 is 0 Å². The average Bonchev–Trinajstić information content (AvgIpc) is 2.75. The van der Waals surface area contributed by atoms with Gasteiger partial charge in [0.05, 0.1) is 26.2 Å². The number of nitrogens with two attached hydrogens (primary N) is 1. The topological polar surface area (TPSA) is 86.0 Å². The van der Waals surface area contributed by atoms with Crippen LogP contribution in [0.1, 0.15) is 5.56 Å². The fourth-order valence-corrected chi connectivity index (χ4v) is 3.63. The summed E-state index contributed by atoms with van der Waals surface area (Å²) >= 11 is 0. The number of nitrogens with zero attached hydrogens (tertiary/aromatic N) is 1. The number of nitrogen functional groups attached to an aromatic ring is 1. The van der Waals surface area contributed by atoms with Gasteiger partial charge < -0.3 is 30.2 Å². The number of hydrogen-bond acceptors (Lipinski definition) is 6. The molecule has 2 aliphatic rings. The van der Waals surface area contributed by atoms with Crippen LogP contribution in [0.3, 0.4) is 0 Å². The van der Waals surface area contributed by atoms with Gasteiger partial charge in [-0.25, -0.2) is 0 Å². The van der Waals surface area contributed by atoms with Crippen LogP contribution in [0, 0.1) is 5.92 Å². The van der Waals surface area contributed by atoms with Gasteiger partial charge in [0, 0.05) is 35.7 Å². The van der Waals surface area contributed by atoms with Crippen LogP contribution < -0.4 is 25.4 Å². The zero-order chi connectivity index (χ0) is 19.5. The van der Waals surface area contributed by atoms with Crippen molar-refractivity contribution < 1.29 is 19.0 Å². The number of carbonyl (C=O) groups is 1. The Balaban J connectivity index is 1.42. The van der Waals surface area contributed by atoms with E-state index in [4.69, 9.17) is 19.9 Å². The number of nitrogens with one attached hydrogen (secondary N) is 1. The van der Waals surface area contributed by atoms with Gasteiger partial charge in [0.15, 0.2) is 11.5 Å². The first-order chi connectivity index (χ1) is 13.7. The summed E-state index contributed by atoms with van der Waals surface area (Å²) in [6.07, 6.45) is 0.524. The Morgan fingerprint density at radius 2 is 1.93 bits per heavy atom. The predicted octanol–water partition coefficient (Wildman–Crippen LogP) is 2.30. The zero-order valence-corrected chi connectivity index (χ0v) is 15.9. The van der Waals surface area contributed by atoms with Crippen molar-refractivity contribution in [1.29, 1.82) is 0 Å². The summed E-state index contributed by atoms with van der Waals surface area (Å²) in [6.45, 7) is 3.56. The van der Waals surface area contributed by atoms with Crippen LogP contribution in [0.2, 0.25) is 0 Å². The van der Waals surface area contributed by atoms with E-state index in [1.54, 1.807) is 19.2 Å². The number of amides is 1. The summed E-state index contributed by atoms with van der Waals surface area (Å²) in [5.74, 6) is 0.899. The first-order valence-corrected chi connectivity index (χ1v) is 9.47. The Hall–Kier alpha value is -2.93. The first kappa shape index (κ1) is 18.4. The van der Waals surface area contributed by atoms with E-state index in [1.807, 2.05) is 24.3 Å². The lowest BCUT2D eigenvalue weighted by Crippen LogP contribution is -2.36. The van der Waals surface area contributed by atoms with Crippen LogP contribution in [0.25, 0.3) is 0 Å². The van der Waals surface area contributed by atoms with E-state index in [0.29, 0.717) is 30.2 Å². The molecule has 0 aromatic heterocycles. The number of fused-ring (bicyclic) bond motifs is 1. The second-order valence-corrected chi connectivity index (χ2v) is 7.01. The van der Waals surface area contributed by atoms with Crippen molar-refractivity contribution in [2.24, 2.45) is 5.92 Å². The Morgan fingerprint density at radius 3 is 2.64 bits per heavy atom. The Labute approximate surface area is 164 Å². The number of carbonyl (C=O) groups excluding carboxylic acids is 1. The van der Waals surface area contributed by atoms with Gasteiger partial charge in [-0.05, 0) is 42.8 Å². The second kappa shape index (κ2) is 7.98. The van der Waals surface area contributed by atoms with Crippen LogP contribution in [0.4, 0.5) is 17.1 Å². The number of hydrogen-bond donors (Lipinski definition) is 2. The van der Waals surface area contributed by atoms with Gasteiger partial charge >= 0.3 is 0 Å². The fourth-order valence-electron chi connectivity index (χ4n) is 3.63. The lowest BCUT2D eigenvalue weighted by molar-refractivity contribution is -0.121. The molecule has 0 bridgehead atoms. The third kappa shape index (κ3) is 3.71. The maximum Gasteiger partial charge on any atom is 0.231 e. The molecule has 4 rings (SSSR count). The maximum absolute atomic E-state index is 12.7. The molecule has 1 unspecified atom stereocenters. The van der Waals surface area contributed by atoms with Crippen LogP contribution in [0.15, 0.2) is 36.4 Å². The molecule has 2 aliphatic heterocycles. The molecule has 7 nitrogen and oxygen atoms in total. The molecular formula is C21H25N3O4. The molecule has 2 aromatic rings. The maximum atomic E-state index is 12.7. The van der Waals surface area contributed by atoms with Gasteiger partial charge in [-0.2, -0.15) is 0 Å². The number of rotatable bonds is 4. The highest BCUT2D eigenvalue weighted by Crippen LogP contribution is 2.39. The van der Waals surface area contributed by atoms with E-state index in [2.05, 4.69) is 10.2 Å². The van der Waals surface area contributed by atoms with Gasteiger partial charge in [0.1, 0.15) is 6.61 Å². The molecular weight excluding hydrogens is 358 g/mol. The Bertz CT molecular complexity index is 847. The Kier molecular flexibility index (Phi) is 5.25. The zero-order valence-electron chi connectivity index (χ0n) is 15.9. The molecule has 3 N–H and O–H groups in total. The van der Waals surface area contributed by atoms with E-state index in [1.165, 1.54) is 0 Å². The molecule has 1 atom stereocenters. The molecule has 28 heavy (non-hydrogen) atoms. The summed E-state index contributed by atoms with van der Waals surface area (Å²) < 4.78 is 16.5. The number of morpholine rings is 1. The molecule has 1 fully saturated rings. The average molecular weight is 383 g/mol. The van der Waals surface area contributed by atoms with Crippen LogP contribution in [0.5, 0.6) is 11.5 Å². The molecule has 1 amide bonds. The van der Waals surface area contributed by atoms with Crippen LogP contribution >= 0.6 is 0 Å². The van der Waals surface area contributed by atoms with Crippen molar-refractivity contribution in [3.05, 3.63) is 42.0 Å². The third-order valence-corrected chi connectivity index (χ3v) is 5.24. The molecule has 7 heteroatoms. The summed E-state index contributed by atoms with van der Waals surface area (Å²) in [5, 5.41) is 2.99. The fraction of sp³-hybridized carbons (Fsp3) is 0.381. The molecule has 2 aromatic carbocycles. The number of ether oxygens (including phenoxy) is 3. The highest BCUT2D eigenvalue weighted by atomic mass is 16.5. The number of methoxy groups -OCH3 is 1. The lowest BCUT2D eigenvalue weighted by atomic mass is 9.94. The van der Waals surface area contributed by atoms with Gasteiger partial charge in [0.25, 0.3) is 0 Å². The summed E-state index contributed by atoms with van der Waals surface area (Å²) in [4.78, 5) is 15.0. The molecule has 2 heterocycles. The van der Waals surface area contributed by atoms with Gasteiger partial charge in [-0.1, -0.05) is 0 Å². The van der Waals surface area contributed by atoms with Gasteiger partial charge in [-0.3, -0.25) is 4.79 Å². The molecule has 148 valence electrons. The molecule has 0 saturated carbocycles. The minimum absolute atomic E-state index is 0.0769. The minimum atomic E-state index is -0.305. The SMILES string of the molecule is COc1ccc(N)c2c1OCC(C(=O)Nc1ccc(N3CCOCC3)cc1)C2. The Morgan fingerprint density at radius 1 is 1.18 bits per heavy atom. The molecule has 0 radical (unpaired) electrons. The van der Waals surface area contributed by atoms with Crippen LogP contribution in [-0.4, -0.2) is 45.9 Å². The smallest absolute Gasteiger partial charge is 0.231 e. The minimum Gasteiger partial charge on any atom is -0.493 e. The summed E-state index contributed by atoms with van der Waals surface area (Å²) in [7, 11) is 1.59. The quantitative estimate of drug-likeness (QED) is 0.788. The largest absolute Gasteiger partial charge is 0.493 e. The van der Waals surface area contributed by atoms with Crippen molar-refractivity contribution in [3.63, 3.8) is 0 Å². The van der Waals surface area contributed by atoms with Crippen molar-refractivity contribution in [2.75, 3.05) is 56.0 Å². The number of benzene rings is 2. The molecule has 1 saturated heterocycles. The normalized spacial score (nSPS) is 18.8. The van der Waals surface area contributed by atoms with Crippen molar-refractivity contribution >= 4 is 23.0 Å². The third-order valence-electron chi connectivity index (χ3n) is 5.24. The van der Waals surface area contributed by atoms with E-state index in [9.17, 15) is 4.79 Å². The highest BCUT2D eigenvalue weighted by Gasteiger charge is 2.29. The van der Waals surface area contributed by atoms with Crippen molar-refractivity contribution in [3.8, 4) is 11.5 Å². The van der Waals surface area contributed by atoms with Crippen molar-refractivity contribution in [2.45, 2.75) is 6.42 Å². The number of anilines is 3. The van der Waals surface area contributed by atoms with Crippen LogP contribution in [-0.2, 0) is 16.0 Å². The first-order valence-electron chi connectivity index (χ1n) is 9.47. The van der Waals surface area contributed by atoms with E-state index in [-0.39, 0.29) is 11.8 Å². The summed E-state index contributed by atoms with van der Waals surface area (Å²) in [6, 6.07) is 11.5. The van der Waals surface area contributed by atoms with E-state index in [0.717, 1.165) is 43.2 Å². The van der Waals surface area contributed by atoms with E-state index < -0.39 is 0 Å². The predicted molar refractivity (Wildman–Crippen MR) is 108 cm³/mol. The lowest BCUT2D eigenvalue weighted by Gasteiger charge is -2.29.